The van der Waals surface area contributed by atoms with Gasteiger partial charge in [-0.2, -0.15) is 0 Å². The summed E-state index contributed by atoms with van der Waals surface area (Å²) in [5.74, 6) is 0. The molecule has 1 saturated heterocycles. The third-order valence-corrected chi connectivity index (χ3v) is 2.27. The second kappa shape index (κ2) is 4.09. The molecule has 0 saturated carbocycles. The first-order valence-electron chi connectivity index (χ1n) is 4.82. The summed E-state index contributed by atoms with van der Waals surface area (Å²) in [6, 6.07) is 6.56. The highest BCUT2D eigenvalue weighted by Crippen LogP contribution is 2.20. The highest BCUT2D eigenvalue weighted by Gasteiger charge is 2.21. The lowest BCUT2D eigenvalue weighted by Crippen LogP contribution is -2.27. The number of carbonyl (C=O) groups is 2. The topological polar surface area (TPSA) is 81.7 Å². The fourth-order valence-corrected chi connectivity index (χ4v) is 1.59. The van der Waals surface area contributed by atoms with Crippen molar-refractivity contribution in [2.75, 3.05) is 23.3 Å². The van der Waals surface area contributed by atoms with Crippen molar-refractivity contribution in [2.45, 2.75) is 0 Å². The third-order valence-electron chi connectivity index (χ3n) is 2.27. The maximum absolute atomic E-state index is 11.4. The van der Waals surface area contributed by atoms with Crippen LogP contribution in [0.5, 0.6) is 0 Å². The largest absolute Gasteiger partial charge is 0.465 e. The Kier molecular flexibility index (Phi) is 2.63. The van der Waals surface area contributed by atoms with Crippen LogP contribution >= 0.6 is 0 Å². The molecule has 3 N–H and O–H groups in total. The predicted octanol–water partition coefficient (Wildman–Crippen LogP) is 1.31. The number of anilines is 2. The number of nitrogens with zero attached hydrogens (tertiary/aromatic N) is 1. The Bertz CT molecular complexity index is 433. The smallest absolute Gasteiger partial charge is 0.409 e. The average Bonchev–Trinajstić information content (AvgIpc) is 2.64. The fraction of sp³-hybridized carbons (Fsp3) is 0.200. The zero-order valence-corrected chi connectivity index (χ0v) is 8.43. The summed E-state index contributed by atoms with van der Waals surface area (Å²) in [4.78, 5) is 23.4. The van der Waals surface area contributed by atoms with Crippen LogP contribution in [0.25, 0.3) is 0 Å². The minimum absolute atomic E-state index is 0.160. The molecule has 0 aromatic heterocycles. The van der Waals surface area contributed by atoms with Crippen molar-refractivity contribution in [1.82, 2.24) is 5.32 Å². The van der Waals surface area contributed by atoms with E-state index in [1.165, 1.54) is 0 Å². The van der Waals surface area contributed by atoms with Crippen LogP contribution < -0.4 is 15.5 Å². The highest BCUT2D eigenvalue weighted by molar-refractivity contribution is 5.95. The first-order valence-corrected chi connectivity index (χ1v) is 4.82. The van der Waals surface area contributed by atoms with Crippen molar-refractivity contribution in [3.8, 4) is 0 Å². The first-order chi connectivity index (χ1) is 7.66. The number of amides is 3. The van der Waals surface area contributed by atoms with E-state index in [2.05, 4.69) is 10.6 Å². The van der Waals surface area contributed by atoms with E-state index < -0.39 is 6.09 Å². The van der Waals surface area contributed by atoms with Gasteiger partial charge in [0.05, 0.1) is 0 Å². The van der Waals surface area contributed by atoms with E-state index in [0.717, 1.165) is 0 Å². The van der Waals surface area contributed by atoms with Crippen molar-refractivity contribution in [3.63, 3.8) is 0 Å². The average molecular weight is 221 g/mol. The molecule has 2 rings (SSSR count). The highest BCUT2D eigenvalue weighted by atomic mass is 16.4. The van der Waals surface area contributed by atoms with E-state index in [1.54, 1.807) is 29.2 Å². The number of carboxylic acid groups (broad SMARTS) is 1. The molecule has 84 valence electrons. The van der Waals surface area contributed by atoms with Crippen molar-refractivity contribution < 1.29 is 14.7 Å². The van der Waals surface area contributed by atoms with Crippen molar-refractivity contribution in [3.05, 3.63) is 24.3 Å². The van der Waals surface area contributed by atoms with Crippen LogP contribution in [0.1, 0.15) is 0 Å². The van der Waals surface area contributed by atoms with Gasteiger partial charge >= 0.3 is 12.1 Å². The van der Waals surface area contributed by atoms with Crippen molar-refractivity contribution >= 4 is 23.5 Å². The van der Waals surface area contributed by atoms with Crippen molar-refractivity contribution in [2.24, 2.45) is 0 Å². The lowest BCUT2D eigenvalue weighted by molar-refractivity contribution is 0.209. The second-order valence-electron chi connectivity index (χ2n) is 3.36. The van der Waals surface area contributed by atoms with E-state index in [1.807, 2.05) is 0 Å². The molecular weight excluding hydrogens is 210 g/mol. The predicted molar refractivity (Wildman–Crippen MR) is 58.8 cm³/mol. The van der Waals surface area contributed by atoms with Gasteiger partial charge in [0.1, 0.15) is 0 Å². The van der Waals surface area contributed by atoms with E-state index in [0.29, 0.717) is 24.5 Å². The van der Waals surface area contributed by atoms with Crippen LogP contribution in [-0.4, -0.2) is 30.3 Å². The SMILES string of the molecule is O=C(O)Nc1cccc(N2CCNC2=O)c1. The Morgan fingerprint density at radius 2 is 2.31 bits per heavy atom. The molecule has 1 aliphatic heterocycles. The molecule has 3 amide bonds. The third kappa shape index (κ3) is 2.05. The van der Waals surface area contributed by atoms with Crippen molar-refractivity contribution in [1.29, 1.82) is 0 Å². The number of rotatable bonds is 2. The second-order valence-corrected chi connectivity index (χ2v) is 3.36. The van der Waals surface area contributed by atoms with Crippen LogP contribution in [0.2, 0.25) is 0 Å². The molecule has 0 bridgehead atoms. The summed E-state index contributed by atoms with van der Waals surface area (Å²) in [6.45, 7) is 1.20. The van der Waals surface area contributed by atoms with Gasteiger partial charge in [-0.15, -0.1) is 0 Å². The standard InChI is InChI=1S/C10H11N3O3/c14-9-11-4-5-13(9)8-3-1-2-7(6-8)12-10(15)16/h1-3,6,12H,4-5H2,(H,11,14)(H,15,16). The van der Waals surface area contributed by atoms with Crippen LogP contribution in [0.15, 0.2) is 24.3 Å². The lowest BCUT2D eigenvalue weighted by atomic mass is 10.2. The van der Waals surface area contributed by atoms with Crippen LogP contribution in [0.3, 0.4) is 0 Å². The number of hydrogen-bond donors (Lipinski definition) is 3. The molecule has 0 spiro atoms. The Balaban J connectivity index is 2.21. The Hall–Kier alpha value is -2.24. The molecular formula is C10H11N3O3. The Morgan fingerprint density at radius 1 is 1.50 bits per heavy atom. The summed E-state index contributed by atoms with van der Waals surface area (Å²) >= 11 is 0. The minimum atomic E-state index is -1.12. The summed E-state index contributed by atoms with van der Waals surface area (Å²) < 4.78 is 0. The molecule has 1 aliphatic rings. The first kappa shape index (κ1) is 10.3. The molecule has 1 aromatic carbocycles. The summed E-state index contributed by atoms with van der Waals surface area (Å²) in [7, 11) is 0. The molecule has 1 heterocycles. The quantitative estimate of drug-likeness (QED) is 0.704. The minimum Gasteiger partial charge on any atom is -0.465 e. The van der Waals surface area contributed by atoms with E-state index in [9.17, 15) is 9.59 Å². The van der Waals surface area contributed by atoms with Gasteiger partial charge in [-0.3, -0.25) is 10.2 Å². The summed E-state index contributed by atoms with van der Waals surface area (Å²) in [6.07, 6.45) is -1.12. The number of nitrogens with one attached hydrogen (secondary N) is 2. The van der Waals surface area contributed by atoms with E-state index in [4.69, 9.17) is 5.11 Å². The molecule has 6 nitrogen and oxygen atoms in total. The number of urea groups is 1. The van der Waals surface area contributed by atoms with Gasteiger partial charge in [-0.1, -0.05) is 6.07 Å². The van der Waals surface area contributed by atoms with Gasteiger partial charge in [-0.25, -0.2) is 9.59 Å². The zero-order chi connectivity index (χ0) is 11.5. The van der Waals surface area contributed by atoms with Crippen LogP contribution in [0, 0.1) is 0 Å². The molecule has 16 heavy (non-hydrogen) atoms. The normalized spacial score (nSPS) is 14.8. The molecule has 0 radical (unpaired) electrons. The van der Waals surface area contributed by atoms with Crippen LogP contribution in [-0.2, 0) is 0 Å². The molecule has 0 atom stereocenters. The molecule has 1 aromatic rings. The van der Waals surface area contributed by atoms with Crippen LogP contribution in [0.4, 0.5) is 21.0 Å². The molecule has 0 unspecified atom stereocenters. The van der Waals surface area contributed by atoms with Gasteiger partial charge in [0.15, 0.2) is 0 Å². The zero-order valence-electron chi connectivity index (χ0n) is 8.43. The van der Waals surface area contributed by atoms with E-state index >= 15 is 0 Å². The Morgan fingerprint density at radius 3 is 2.94 bits per heavy atom. The van der Waals surface area contributed by atoms with E-state index in [-0.39, 0.29) is 6.03 Å². The maximum atomic E-state index is 11.4. The van der Waals surface area contributed by atoms with Gasteiger partial charge < -0.3 is 10.4 Å². The number of hydrogen-bond acceptors (Lipinski definition) is 2. The van der Waals surface area contributed by atoms with Gasteiger partial charge in [0.25, 0.3) is 0 Å². The summed E-state index contributed by atoms with van der Waals surface area (Å²) in [5, 5.41) is 13.5. The van der Waals surface area contributed by atoms with Gasteiger partial charge in [0, 0.05) is 24.5 Å². The summed E-state index contributed by atoms with van der Waals surface area (Å²) in [5.41, 5.74) is 1.13. The Labute approximate surface area is 91.9 Å². The number of carbonyl (C=O) groups excluding carboxylic acids is 1. The number of benzene rings is 1. The maximum Gasteiger partial charge on any atom is 0.409 e. The monoisotopic (exact) mass is 221 g/mol. The van der Waals surface area contributed by atoms with Gasteiger partial charge in [-0.05, 0) is 18.2 Å². The van der Waals surface area contributed by atoms with Gasteiger partial charge in [0.2, 0.25) is 0 Å². The molecule has 6 heteroatoms. The lowest BCUT2D eigenvalue weighted by Gasteiger charge is -2.14. The fourth-order valence-electron chi connectivity index (χ4n) is 1.59. The molecule has 1 fully saturated rings. The molecule has 0 aliphatic carbocycles.